The fraction of sp³-hybridized carbons (Fsp3) is 0.0909. The first-order valence-electron chi connectivity index (χ1n) is 9.17. The fourth-order valence-electron chi connectivity index (χ4n) is 3.15. The number of carbonyl (C=O) groups excluding carboxylic acids is 2. The van der Waals surface area contributed by atoms with Crippen molar-refractivity contribution in [3.63, 3.8) is 0 Å². The molecule has 7 nitrogen and oxygen atoms in total. The van der Waals surface area contributed by atoms with Gasteiger partial charge in [-0.05, 0) is 48.5 Å². The number of hydrogen-bond donors (Lipinski definition) is 0. The van der Waals surface area contributed by atoms with Gasteiger partial charge in [0.15, 0.2) is 0 Å². The van der Waals surface area contributed by atoms with E-state index in [0.29, 0.717) is 17.1 Å². The molecule has 1 saturated heterocycles. The Bertz CT molecular complexity index is 1250. The van der Waals surface area contributed by atoms with Crippen molar-refractivity contribution < 1.29 is 18.9 Å². The van der Waals surface area contributed by atoms with Gasteiger partial charge < -0.3 is 4.42 Å². The maximum absolute atomic E-state index is 12.8. The zero-order valence-corrected chi connectivity index (χ0v) is 18.6. The molecule has 1 aromatic heterocycles. The highest BCUT2D eigenvalue weighted by molar-refractivity contribution is 9.10. The Morgan fingerprint density at radius 1 is 1.16 bits per heavy atom. The molecule has 0 spiro atoms. The molecule has 4 rings (SSSR count). The second kappa shape index (κ2) is 8.52. The summed E-state index contributed by atoms with van der Waals surface area (Å²) in [6.07, 6.45) is 1.51. The summed E-state index contributed by atoms with van der Waals surface area (Å²) in [5.74, 6) is 0.540. The Morgan fingerprint density at radius 2 is 1.94 bits per heavy atom. The van der Waals surface area contributed by atoms with Crippen LogP contribution in [0.1, 0.15) is 16.9 Å². The van der Waals surface area contributed by atoms with E-state index in [2.05, 4.69) is 15.9 Å². The largest absolute Gasteiger partial charge is 0.457 e. The minimum absolute atomic E-state index is 0.134. The van der Waals surface area contributed by atoms with E-state index in [1.807, 2.05) is 25.1 Å². The summed E-state index contributed by atoms with van der Waals surface area (Å²) in [6.45, 7) is 1.82. The predicted molar refractivity (Wildman–Crippen MR) is 121 cm³/mol. The van der Waals surface area contributed by atoms with Crippen LogP contribution in [0.5, 0.6) is 0 Å². The number of amides is 2. The van der Waals surface area contributed by atoms with Gasteiger partial charge in [-0.1, -0.05) is 40.2 Å². The fourth-order valence-corrected chi connectivity index (χ4v) is 4.66. The summed E-state index contributed by atoms with van der Waals surface area (Å²) in [7, 11) is 0. The van der Waals surface area contributed by atoms with Crippen molar-refractivity contribution in [1.29, 1.82) is 0 Å². The number of aryl methyl sites for hydroxylation is 1. The van der Waals surface area contributed by atoms with Crippen molar-refractivity contribution in [1.82, 2.24) is 4.90 Å². The SMILES string of the molecule is Cc1ccc(-c2ccc(/C=C3\SC(=O)N(Cc4ccccc4[N+](=O)[O-])C3=O)o2)c(Br)c1. The van der Waals surface area contributed by atoms with E-state index in [0.717, 1.165) is 32.3 Å². The lowest BCUT2D eigenvalue weighted by atomic mass is 10.1. The van der Waals surface area contributed by atoms with Crippen LogP contribution in [0.15, 0.2) is 68.4 Å². The molecule has 0 N–H and O–H groups in total. The Balaban J connectivity index is 1.57. The molecule has 1 aliphatic heterocycles. The van der Waals surface area contributed by atoms with Gasteiger partial charge in [-0.25, -0.2) is 0 Å². The summed E-state index contributed by atoms with van der Waals surface area (Å²) in [5.41, 5.74) is 2.13. The van der Waals surface area contributed by atoms with E-state index in [-0.39, 0.29) is 17.1 Å². The monoisotopic (exact) mass is 498 g/mol. The van der Waals surface area contributed by atoms with Gasteiger partial charge in [-0.15, -0.1) is 0 Å². The minimum Gasteiger partial charge on any atom is -0.457 e. The number of nitrogens with zero attached hydrogens (tertiary/aromatic N) is 2. The van der Waals surface area contributed by atoms with Crippen molar-refractivity contribution in [3.8, 4) is 11.3 Å². The Hall–Kier alpha value is -3.17. The number of furan rings is 1. The van der Waals surface area contributed by atoms with E-state index < -0.39 is 16.1 Å². The average molecular weight is 499 g/mol. The number of halogens is 1. The number of carbonyl (C=O) groups is 2. The molecule has 1 aliphatic rings. The summed E-state index contributed by atoms with van der Waals surface area (Å²) in [6, 6.07) is 15.4. The molecule has 31 heavy (non-hydrogen) atoms. The van der Waals surface area contributed by atoms with Crippen LogP contribution in [0.4, 0.5) is 10.5 Å². The smallest absolute Gasteiger partial charge is 0.293 e. The highest BCUT2D eigenvalue weighted by Crippen LogP contribution is 2.36. The van der Waals surface area contributed by atoms with Crippen LogP contribution < -0.4 is 0 Å². The van der Waals surface area contributed by atoms with Crippen LogP contribution in [-0.4, -0.2) is 21.0 Å². The van der Waals surface area contributed by atoms with Gasteiger partial charge in [-0.2, -0.15) is 0 Å². The van der Waals surface area contributed by atoms with Crippen LogP contribution >= 0.6 is 27.7 Å². The van der Waals surface area contributed by atoms with Gasteiger partial charge in [-0.3, -0.25) is 24.6 Å². The molecule has 2 heterocycles. The maximum Gasteiger partial charge on any atom is 0.293 e. The standard InChI is InChI=1S/C22H15BrN2O5S/c1-13-6-8-16(17(23)10-13)19-9-7-15(30-19)11-20-21(26)24(22(27)31-20)12-14-4-2-3-5-18(14)25(28)29/h2-11H,12H2,1H3/b20-11-. The first-order chi connectivity index (χ1) is 14.8. The Kier molecular flexibility index (Phi) is 5.79. The molecule has 0 radical (unpaired) electrons. The number of imide groups is 1. The lowest BCUT2D eigenvalue weighted by Gasteiger charge is -2.12. The predicted octanol–water partition coefficient (Wildman–Crippen LogP) is 6.16. The first kappa shape index (κ1) is 21.1. The summed E-state index contributed by atoms with van der Waals surface area (Å²) < 4.78 is 6.74. The molecule has 156 valence electrons. The van der Waals surface area contributed by atoms with E-state index in [9.17, 15) is 19.7 Å². The Labute approximate surface area is 190 Å². The van der Waals surface area contributed by atoms with E-state index in [4.69, 9.17) is 4.42 Å². The lowest BCUT2D eigenvalue weighted by molar-refractivity contribution is -0.385. The molecule has 2 aromatic carbocycles. The lowest BCUT2D eigenvalue weighted by Crippen LogP contribution is -2.27. The molecule has 0 atom stereocenters. The Morgan fingerprint density at radius 3 is 2.68 bits per heavy atom. The topological polar surface area (TPSA) is 93.7 Å². The van der Waals surface area contributed by atoms with Crippen LogP contribution in [0.25, 0.3) is 17.4 Å². The highest BCUT2D eigenvalue weighted by Gasteiger charge is 2.36. The van der Waals surface area contributed by atoms with Gasteiger partial charge in [0, 0.05) is 27.7 Å². The number of benzene rings is 2. The zero-order valence-electron chi connectivity index (χ0n) is 16.2. The normalized spacial score (nSPS) is 15.2. The third-order valence-electron chi connectivity index (χ3n) is 4.68. The van der Waals surface area contributed by atoms with Gasteiger partial charge in [0.25, 0.3) is 16.8 Å². The summed E-state index contributed by atoms with van der Waals surface area (Å²) in [5, 5.41) is 10.7. The van der Waals surface area contributed by atoms with Crippen LogP contribution in [0.2, 0.25) is 0 Å². The molecule has 2 amide bonds. The van der Waals surface area contributed by atoms with Crippen LogP contribution in [-0.2, 0) is 11.3 Å². The van der Waals surface area contributed by atoms with E-state index in [1.165, 1.54) is 24.3 Å². The number of nitro benzene ring substituents is 1. The number of rotatable bonds is 5. The van der Waals surface area contributed by atoms with Crippen molar-refractivity contribution >= 4 is 50.6 Å². The minimum atomic E-state index is -0.530. The summed E-state index contributed by atoms with van der Waals surface area (Å²) in [4.78, 5) is 37.0. The van der Waals surface area contributed by atoms with Crippen LogP contribution in [0.3, 0.4) is 0 Å². The van der Waals surface area contributed by atoms with Crippen LogP contribution in [0, 0.1) is 17.0 Å². The third-order valence-corrected chi connectivity index (χ3v) is 6.24. The molecule has 0 bridgehead atoms. The van der Waals surface area contributed by atoms with Crippen molar-refractivity contribution in [2.75, 3.05) is 0 Å². The number of nitro groups is 1. The molecular formula is C22H15BrN2O5S. The maximum atomic E-state index is 12.8. The van der Waals surface area contributed by atoms with E-state index in [1.54, 1.807) is 18.2 Å². The quantitative estimate of drug-likeness (QED) is 0.237. The average Bonchev–Trinajstić information content (AvgIpc) is 3.28. The molecular weight excluding hydrogens is 484 g/mol. The molecule has 0 unspecified atom stereocenters. The molecule has 0 aliphatic carbocycles. The summed E-state index contributed by atoms with van der Waals surface area (Å²) >= 11 is 4.30. The van der Waals surface area contributed by atoms with Gasteiger partial charge in [0.1, 0.15) is 11.5 Å². The second-order valence-corrected chi connectivity index (χ2v) is 8.69. The molecule has 1 fully saturated rings. The first-order valence-corrected chi connectivity index (χ1v) is 10.8. The molecule has 3 aromatic rings. The van der Waals surface area contributed by atoms with Gasteiger partial charge in [0.2, 0.25) is 0 Å². The van der Waals surface area contributed by atoms with Crippen molar-refractivity contribution in [2.24, 2.45) is 0 Å². The number of thioether (sulfide) groups is 1. The third kappa shape index (κ3) is 4.33. The zero-order chi connectivity index (χ0) is 22.1. The van der Waals surface area contributed by atoms with E-state index >= 15 is 0 Å². The number of hydrogen-bond acceptors (Lipinski definition) is 6. The molecule has 0 saturated carbocycles. The number of para-hydroxylation sites is 1. The highest BCUT2D eigenvalue weighted by atomic mass is 79.9. The van der Waals surface area contributed by atoms with Crippen molar-refractivity contribution in [2.45, 2.75) is 13.5 Å². The second-order valence-electron chi connectivity index (χ2n) is 6.84. The molecule has 9 heteroatoms. The van der Waals surface area contributed by atoms with Crippen molar-refractivity contribution in [3.05, 3.63) is 91.0 Å². The van der Waals surface area contributed by atoms with Gasteiger partial charge in [0.05, 0.1) is 16.4 Å². The van der Waals surface area contributed by atoms with Gasteiger partial charge >= 0.3 is 0 Å².